The number of ether oxygens (including phenoxy) is 6. The number of rotatable bonds is 47. The number of unbranched alkanes of at least 4 members (excludes halogenated alkanes) is 20. The first-order chi connectivity index (χ1) is 40.1. The first kappa shape index (κ1) is 68.2. The molecule has 0 radical (unpaired) electrons. The SMILES string of the molecule is CCCCCCCCOc1cc(COC[C@H](Cc2ccc(CO[Si](c3ccccc3)(c3ccccc3)C(C)(C)C)cc2)[C@@H](C)OCc2cc(OCCCCCCCC)cc(OCCCCCCCC)c2)cc(OCCCCCCCC)c1. The van der Waals surface area contributed by atoms with Gasteiger partial charge in [0.1, 0.15) is 23.0 Å². The molecular formula is C74H112O7Si. The summed E-state index contributed by atoms with van der Waals surface area (Å²) in [5, 5.41) is 2.47. The van der Waals surface area contributed by atoms with Crippen LogP contribution in [0, 0.1) is 5.92 Å². The van der Waals surface area contributed by atoms with Gasteiger partial charge in [-0.15, -0.1) is 0 Å². The monoisotopic (exact) mass is 1140 g/mol. The normalized spacial score (nSPS) is 12.6. The quantitative estimate of drug-likeness (QED) is 0.0284. The van der Waals surface area contributed by atoms with E-state index in [0.29, 0.717) is 52.9 Å². The Labute approximate surface area is 501 Å². The molecule has 454 valence electrons. The van der Waals surface area contributed by atoms with Gasteiger partial charge in [-0.25, -0.2) is 0 Å². The molecule has 0 aliphatic carbocycles. The molecule has 7 nitrogen and oxygen atoms in total. The molecule has 0 aliphatic rings. The van der Waals surface area contributed by atoms with Crippen molar-refractivity contribution < 1.29 is 32.8 Å². The molecule has 5 aromatic rings. The third-order valence-corrected chi connectivity index (χ3v) is 21.1. The third kappa shape index (κ3) is 25.7. The zero-order valence-corrected chi connectivity index (χ0v) is 53.9. The van der Waals surface area contributed by atoms with Crippen LogP contribution < -0.4 is 29.3 Å². The molecule has 0 N–H and O–H groups in total. The maximum absolute atomic E-state index is 7.36. The standard InChI is InChI=1S/C74H112O7Si/c1-9-13-17-21-25-35-47-76-68-52-65(53-69(56-68)77-48-36-26-22-18-14-10-2)58-75-61-67(51-63-43-45-64(46-44-63)60-81-82(74(6,7)8,72-39-31-29-32-40-72)73-41-33-30-34-42-73)62(5)80-59-66-54-70(78-49-37-27-23-19-15-11-3)57-71(55-66)79-50-38-28-24-20-16-12-4/h29-34,39-46,52-57,62,67H,9-28,35-38,47-51,58-61H2,1-8H3/t62-,67+/m1/s1. The average molecular weight is 1140 g/mol. The topological polar surface area (TPSA) is 64.6 Å². The summed E-state index contributed by atoms with van der Waals surface area (Å²) < 4.78 is 46.7. The molecule has 0 bridgehead atoms. The predicted octanol–water partition coefficient (Wildman–Crippen LogP) is 19.7. The highest BCUT2D eigenvalue weighted by Gasteiger charge is 2.50. The highest BCUT2D eigenvalue weighted by atomic mass is 28.4. The highest BCUT2D eigenvalue weighted by Crippen LogP contribution is 2.38. The van der Waals surface area contributed by atoms with Gasteiger partial charge >= 0.3 is 0 Å². The minimum atomic E-state index is -2.71. The van der Waals surface area contributed by atoms with Crippen LogP contribution >= 0.6 is 0 Å². The summed E-state index contributed by atoms with van der Waals surface area (Å²) in [6, 6.07) is 43.6. The van der Waals surface area contributed by atoms with E-state index in [9.17, 15) is 0 Å². The summed E-state index contributed by atoms with van der Waals surface area (Å²) in [6.45, 7) is 23.0. The maximum atomic E-state index is 7.36. The molecule has 82 heavy (non-hydrogen) atoms. The Balaban J connectivity index is 1.34. The van der Waals surface area contributed by atoms with Crippen molar-refractivity contribution in [2.45, 2.75) is 247 Å². The first-order valence-corrected chi connectivity index (χ1v) is 34.8. The van der Waals surface area contributed by atoms with Gasteiger partial charge < -0.3 is 32.8 Å². The van der Waals surface area contributed by atoms with Crippen molar-refractivity contribution >= 4 is 18.7 Å². The number of benzene rings is 5. The van der Waals surface area contributed by atoms with E-state index in [1.165, 1.54) is 144 Å². The minimum absolute atomic E-state index is 0.0605. The largest absolute Gasteiger partial charge is 0.493 e. The molecule has 8 heteroatoms. The van der Waals surface area contributed by atoms with Gasteiger partial charge in [0.2, 0.25) is 0 Å². The van der Waals surface area contributed by atoms with Crippen molar-refractivity contribution in [1.29, 1.82) is 0 Å². The van der Waals surface area contributed by atoms with Crippen LogP contribution in [0.4, 0.5) is 0 Å². The second-order valence-electron chi connectivity index (χ2n) is 24.4. The Bertz CT molecular complexity index is 2250. The number of hydrogen-bond donors (Lipinski definition) is 0. The Kier molecular flexibility index (Phi) is 33.8. The van der Waals surface area contributed by atoms with Gasteiger partial charge in [-0.1, -0.05) is 262 Å². The molecule has 0 saturated carbocycles. The molecule has 0 aromatic heterocycles. The van der Waals surface area contributed by atoms with Gasteiger partial charge in [0, 0.05) is 18.1 Å². The Morgan fingerprint density at radius 2 is 0.732 bits per heavy atom. The third-order valence-electron chi connectivity index (χ3n) is 16.1. The van der Waals surface area contributed by atoms with E-state index >= 15 is 0 Å². The smallest absolute Gasteiger partial charge is 0.261 e. The number of hydrogen-bond acceptors (Lipinski definition) is 7. The molecule has 0 amide bonds. The van der Waals surface area contributed by atoms with Gasteiger partial charge in [0.05, 0.1) is 59.0 Å². The fourth-order valence-corrected chi connectivity index (χ4v) is 15.7. The molecule has 0 fully saturated rings. The lowest BCUT2D eigenvalue weighted by molar-refractivity contribution is -0.0245. The van der Waals surface area contributed by atoms with Crippen molar-refractivity contribution in [3.8, 4) is 23.0 Å². The van der Waals surface area contributed by atoms with Crippen LogP contribution in [0.5, 0.6) is 23.0 Å². The van der Waals surface area contributed by atoms with Crippen molar-refractivity contribution in [3.63, 3.8) is 0 Å². The lowest BCUT2D eigenvalue weighted by atomic mass is 9.94. The Morgan fingerprint density at radius 1 is 0.378 bits per heavy atom. The van der Waals surface area contributed by atoms with Gasteiger partial charge in [0.25, 0.3) is 8.32 Å². The fraction of sp³-hybridized carbons (Fsp3) is 0.595. The fourth-order valence-electron chi connectivity index (χ4n) is 11.1. The van der Waals surface area contributed by atoms with Crippen LogP contribution in [0.2, 0.25) is 5.04 Å². The zero-order chi connectivity index (χ0) is 58.4. The Morgan fingerprint density at radius 3 is 1.11 bits per heavy atom. The van der Waals surface area contributed by atoms with Crippen molar-refractivity contribution in [2.75, 3.05) is 33.0 Å². The van der Waals surface area contributed by atoms with E-state index in [1.807, 2.05) is 0 Å². The van der Waals surface area contributed by atoms with Gasteiger partial charge in [-0.05, 0) is 101 Å². The van der Waals surface area contributed by atoms with Crippen LogP contribution in [-0.2, 0) is 40.1 Å². The average Bonchev–Trinajstić information content (AvgIpc) is 3.59. The molecule has 0 heterocycles. The van der Waals surface area contributed by atoms with E-state index in [2.05, 4.69) is 177 Å². The van der Waals surface area contributed by atoms with Crippen molar-refractivity contribution in [3.05, 3.63) is 144 Å². The highest BCUT2D eigenvalue weighted by molar-refractivity contribution is 6.99. The molecule has 0 unspecified atom stereocenters. The molecule has 0 spiro atoms. The molecule has 5 rings (SSSR count). The summed E-state index contributed by atoms with van der Waals surface area (Å²) in [5.74, 6) is 3.48. The molecule has 0 aliphatic heterocycles. The van der Waals surface area contributed by atoms with E-state index < -0.39 is 8.32 Å². The summed E-state index contributed by atoms with van der Waals surface area (Å²) in [7, 11) is -2.71. The van der Waals surface area contributed by atoms with E-state index in [4.69, 9.17) is 32.8 Å². The van der Waals surface area contributed by atoms with Crippen molar-refractivity contribution in [2.24, 2.45) is 5.92 Å². The van der Waals surface area contributed by atoms with E-state index in [0.717, 1.165) is 71.8 Å². The molecule has 2 atom stereocenters. The second-order valence-corrected chi connectivity index (χ2v) is 28.7. The zero-order valence-electron chi connectivity index (χ0n) is 52.9. The lowest BCUT2D eigenvalue weighted by Gasteiger charge is -2.43. The van der Waals surface area contributed by atoms with Crippen LogP contribution in [0.25, 0.3) is 0 Å². The van der Waals surface area contributed by atoms with Crippen LogP contribution in [0.3, 0.4) is 0 Å². The van der Waals surface area contributed by atoms with Crippen LogP contribution in [-0.4, -0.2) is 47.5 Å². The molecule has 5 aromatic carbocycles. The predicted molar refractivity (Wildman–Crippen MR) is 348 cm³/mol. The lowest BCUT2D eigenvalue weighted by Crippen LogP contribution is -2.66. The van der Waals surface area contributed by atoms with E-state index in [-0.39, 0.29) is 17.1 Å². The second kappa shape index (κ2) is 40.6. The van der Waals surface area contributed by atoms with Crippen LogP contribution in [0.1, 0.15) is 232 Å². The summed E-state index contributed by atoms with van der Waals surface area (Å²) in [6.07, 6.45) is 30.1. The van der Waals surface area contributed by atoms with Gasteiger partial charge in [-0.2, -0.15) is 0 Å². The van der Waals surface area contributed by atoms with Gasteiger partial charge in [-0.3, -0.25) is 0 Å². The maximum Gasteiger partial charge on any atom is 0.261 e. The summed E-state index contributed by atoms with van der Waals surface area (Å²) >= 11 is 0. The minimum Gasteiger partial charge on any atom is -0.493 e. The van der Waals surface area contributed by atoms with Gasteiger partial charge in [0.15, 0.2) is 0 Å². The van der Waals surface area contributed by atoms with Crippen LogP contribution in [0.15, 0.2) is 121 Å². The van der Waals surface area contributed by atoms with Crippen molar-refractivity contribution in [1.82, 2.24) is 0 Å². The summed E-state index contributed by atoms with van der Waals surface area (Å²) in [4.78, 5) is 0. The van der Waals surface area contributed by atoms with E-state index in [1.54, 1.807) is 0 Å². The first-order valence-electron chi connectivity index (χ1n) is 32.9. The molecular weight excluding hydrogens is 1030 g/mol. The Hall–Kier alpha value is -4.60. The summed E-state index contributed by atoms with van der Waals surface area (Å²) in [5.41, 5.74) is 4.52. The molecule has 0 saturated heterocycles.